The van der Waals surface area contributed by atoms with Gasteiger partial charge in [-0.2, -0.15) is 0 Å². The molecular weight excluding hydrogens is 238 g/mol. The maximum Gasteiger partial charge on any atom is 0.132 e. The topological polar surface area (TPSA) is 38.2 Å². The van der Waals surface area contributed by atoms with E-state index in [1.165, 1.54) is 0 Å². The van der Waals surface area contributed by atoms with Crippen LogP contribution in [0, 0.1) is 5.92 Å². The van der Waals surface area contributed by atoms with Gasteiger partial charge in [0.2, 0.25) is 0 Å². The van der Waals surface area contributed by atoms with Gasteiger partial charge < -0.3 is 9.64 Å². The first-order valence-electron chi connectivity index (χ1n) is 7.24. The molecular formula is C15H25N3O. The molecule has 1 fully saturated rings. The molecule has 0 radical (unpaired) electrons. The van der Waals surface area contributed by atoms with Crippen LogP contribution in [0.5, 0.6) is 0 Å². The summed E-state index contributed by atoms with van der Waals surface area (Å²) in [6, 6.07) is 2.11. The number of hydrogen-bond donors (Lipinski definition) is 0. The summed E-state index contributed by atoms with van der Waals surface area (Å²) in [6.45, 7) is 11.4. The molecule has 19 heavy (non-hydrogen) atoms. The second-order valence-electron chi connectivity index (χ2n) is 6.02. The molecule has 1 atom stereocenters. The molecule has 1 aliphatic heterocycles. The minimum absolute atomic E-state index is 0.325. The van der Waals surface area contributed by atoms with Gasteiger partial charge in [0.25, 0.3) is 0 Å². The highest BCUT2D eigenvalue weighted by Gasteiger charge is 2.22. The molecule has 2 rings (SSSR count). The van der Waals surface area contributed by atoms with E-state index in [1.54, 1.807) is 6.33 Å². The van der Waals surface area contributed by atoms with Gasteiger partial charge >= 0.3 is 0 Å². The Hall–Kier alpha value is -1.16. The van der Waals surface area contributed by atoms with Crippen LogP contribution in [-0.4, -0.2) is 35.8 Å². The predicted molar refractivity (Wildman–Crippen MR) is 77.5 cm³/mol. The third-order valence-corrected chi connectivity index (χ3v) is 3.46. The largest absolute Gasteiger partial charge is 0.375 e. The molecule has 1 aliphatic rings. The fourth-order valence-corrected chi connectivity index (χ4v) is 2.45. The number of aromatic nitrogens is 2. The van der Waals surface area contributed by atoms with Crippen molar-refractivity contribution in [3.63, 3.8) is 0 Å². The van der Waals surface area contributed by atoms with Crippen LogP contribution < -0.4 is 4.90 Å². The third kappa shape index (κ3) is 3.90. The molecule has 2 heterocycles. The molecule has 0 aliphatic carbocycles. The fraction of sp³-hybridized carbons (Fsp3) is 0.733. The maximum absolute atomic E-state index is 5.83. The van der Waals surface area contributed by atoms with Crippen LogP contribution in [-0.2, 0) is 4.74 Å². The molecule has 1 aromatic heterocycles. The van der Waals surface area contributed by atoms with Crippen molar-refractivity contribution in [1.82, 2.24) is 9.97 Å². The van der Waals surface area contributed by atoms with Gasteiger partial charge in [0, 0.05) is 24.8 Å². The molecule has 1 aromatic rings. The lowest BCUT2D eigenvalue weighted by atomic mass is 10.0. The number of ether oxygens (including phenoxy) is 1. The van der Waals surface area contributed by atoms with E-state index in [4.69, 9.17) is 4.74 Å². The van der Waals surface area contributed by atoms with Crippen LogP contribution in [0.3, 0.4) is 0 Å². The standard InChI is InChI=1S/C15H25N3O/c1-11(2)7-13-9-18(5-6-19-13)15-8-14(12(3)4)16-10-17-15/h8,10-13H,5-7,9H2,1-4H3/t13-/m0/s1. The Labute approximate surface area is 116 Å². The van der Waals surface area contributed by atoms with Crippen LogP contribution in [0.1, 0.15) is 45.7 Å². The Morgan fingerprint density at radius 2 is 2.11 bits per heavy atom. The zero-order chi connectivity index (χ0) is 13.8. The SMILES string of the molecule is CC(C)C[C@H]1CN(c2cc(C(C)C)ncn2)CCO1. The molecule has 0 bridgehead atoms. The van der Waals surface area contributed by atoms with Crippen LogP contribution in [0.4, 0.5) is 5.82 Å². The number of anilines is 1. The minimum atomic E-state index is 0.325. The van der Waals surface area contributed by atoms with E-state index >= 15 is 0 Å². The highest BCUT2D eigenvalue weighted by molar-refractivity contribution is 5.40. The fourth-order valence-electron chi connectivity index (χ4n) is 2.45. The van der Waals surface area contributed by atoms with Crippen molar-refractivity contribution in [2.45, 2.75) is 46.1 Å². The van der Waals surface area contributed by atoms with E-state index in [0.29, 0.717) is 17.9 Å². The van der Waals surface area contributed by atoms with Gasteiger partial charge in [-0.05, 0) is 18.3 Å². The summed E-state index contributed by atoms with van der Waals surface area (Å²) in [5, 5.41) is 0. The molecule has 106 valence electrons. The van der Waals surface area contributed by atoms with Crippen molar-refractivity contribution in [3.05, 3.63) is 18.1 Å². The Balaban J connectivity index is 2.06. The van der Waals surface area contributed by atoms with E-state index in [-0.39, 0.29) is 0 Å². The van der Waals surface area contributed by atoms with Crippen LogP contribution in [0.25, 0.3) is 0 Å². The first-order chi connectivity index (χ1) is 9.06. The quantitative estimate of drug-likeness (QED) is 0.837. The van der Waals surface area contributed by atoms with Gasteiger partial charge in [0.1, 0.15) is 12.1 Å². The van der Waals surface area contributed by atoms with Crippen LogP contribution in [0.2, 0.25) is 0 Å². The lowest BCUT2D eigenvalue weighted by Gasteiger charge is -2.34. The van der Waals surface area contributed by atoms with Crippen molar-refractivity contribution in [3.8, 4) is 0 Å². The van der Waals surface area contributed by atoms with Crippen molar-refractivity contribution in [2.75, 3.05) is 24.6 Å². The normalized spacial score (nSPS) is 20.3. The summed E-state index contributed by atoms with van der Waals surface area (Å²) < 4.78 is 5.83. The number of rotatable bonds is 4. The van der Waals surface area contributed by atoms with Crippen molar-refractivity contribution in [2.24, 2.45) is 5.92 Å². The van der Waals surface area contributed by atoms with E-state index < -0.39 is 0 Å². The van der Waals surface area contributed by atoms with Gasteiger partial charge in [-0.1, -0.05) is 27.7 Å². The smallest absolute Gasteiger partial charge is 0.132 e. The predicted octanol–water partition coefficient (Wildman–Crippen LogP) is 2.85. The van der Waals surface area contributed by atoms with E-state index in [0.717, 1.165) is 37.6 Å². The molecule has 0 N–H and O–H groups in total. The second-order valence-corrected chi connectivity index (χ2v) is 6.02. The number of hydrogen-bond acceptors (Lipinski definition) is 4. The zero-order valence-electron chi connectivity index (χ0n) is 12.5. The van der Waals surface area contributed by atoms with E-state index in [9.17, 15) is 0 Å². The average molecular weight is 263 g/mol. The Bertz CT molecular complexity index is 406. The molecule has 0 aromatic carbocycles. The minimum Gasteiger partial charge on any atom is -0.375 e. The van der Waals surface area contributed by atoms with Crippen molar-refractivity contribution >= 4 is 5.82 Å². The van der Waals surface area contributed by atoms with Gasteiger partial charge in [-0.3, -0.25) is 0 Å². The highest BCUT2D eigenvalue weighted by Crippen LogP contribution is 2.21. The van der Waals surface area contributed by atoms with Gasteiger partial charge in [-0.25, -0.2) is 9.97 Å². The average Bonchev–Trinajstić information content (AvgIpc) is 2.38. The first kappa shape index (κ1) is 14.3. The molecule has 0 amide bonds. The van der Waals surface area contributed by atoms with Gasteiger partial charge in [0.15, 0.2) is 0 Å². The second kappa shape index (κ2) is 6.33. The Morgan fingerprint density at radius 1 is 1.32 bits per heavy atom. The van der Waals surface area contributed by atoms with Crippen molar-refractivity contribution in [1.29, 1.82) is 0 Å². The molecule has 0 spiro atoms. The number of morpholine rings is 1. The highest BCUT2D eigenvalue weighted by atomic mass is 16.5. The molecule has 0 saturated carbocycles. The van der Waals surface area contributed by atoms with Crippen LogP contribution >= 0.6 is 0 Å². The lowest BCUT2D eigenvalue weighted by Crippen LogP contribution is -2.43. The summed E-state index contributed by atoms with van der Waals surface area (Å²) in [7, 11) is 0. The number of nitrogens with zero attached hydrogens (tertiary/aromatic N) is 3. The van der Waals surface area contributed by atoms with E-state index in [2.05, 4.69) is 48.6 Å². The third-order valence-electron chi connectivity index (χ3n) is 3.46. The summed E-state index contributed by atoms with van der Waals surface area (Å²) in [6.07, 6.45) is 3.11. The van der Waals surface area contributed by atoms with Crippen molar-refractivity contribution < 1.29 is 4.74 Å². The summed E-state index contributed by atoms with van der Waals surface area (Å²) >= 11 is 0. The van der Waals surface area contributed by atoms with Gasteiger partial charge in [0.05, 0.1) is 12.7 Å². The Kier molecular flexibility index (Phi) is 4.75. The lowest BCUT2D eigenvalue weighted by molar-refractivity contribution is 0.0273. The zero-order valence-corrected chi connectivity index (χ0v) is 12.5. The monoisotopic (exact) mass is 263 g/mol. The Morgan fingerprint density at radius 3 is 2.79 bits per heavy atom. The van der Waals surface area contributed by atoms with E-state index in [1.807, 2.05) is 0 Å². The molecule has 4 heteroatoms. The molecule has 1 saturated heterocycles. The summed E-state index contributed by atoms with van der Waals surface area (Å²) in [4.78, 5) is 11.1. The van der Waals surface area contributed by atoms with Gasteiger partial charge in [-0.15, -0.1) is 0 Å². The molecule has 4 nitrogen and oxygen atoms in total. The molecule has 0 unspecified atom stereocenters. The van der Waals surface area contributed by atoms with Crippen LogP contribution in [0.15, 0.2) is 12.4 Å². The maximum atomic E-state index is 5.83. The first-order valence-corrected chi connectivity index (χ1v) is 7.24. The summed E-state index contributed by atoms with van der Waals surface area (Å²) in [5.41, 5.74) is 1.11. The summed E-state index contributed by atoms with van der Waals surface area (Å²) in [5.74, 6) is 2.14.